The molecule has 9 nitrogen and oxygen atoms in total. The van der Waals surface area contributed by atoms with Crippen LogP contribution in [0.25, 0.3) is 0 Å². The lowest BCUT2D eigenvalue weighted by Gasteiger charge is -2.32. The minimum atomic E-state index is -0.438. The summed E-state index contributed by atoms with van der Waals surface area (Å²) in [7, 11) is 0. The van der Waals surface area contributed by atoms with Gasteiger partial charge in [0, 0.05) is 24.7 Å². The minimum Gasteiger partial charge on any atom is -0.322 e. The molecular formula is C16H20N6O3. The molecule has 0 radical (unpaired) electrons. The van der Waals surface area contributed by atoms with Crippen LogP contribution in [0.4, 0.5) is 16.2 Å². The van der Waals surface area contributed by atoms with E-state index in [1.54, 1.807) is 28.9 Å². The Morgan fingerprint density at radius 2 is 2.16 bits per heavy atom. The van der Waals surface area contributed by atoms with Crippen molar-refractivity contribution in [3.63, 3.8) is 0 Å². The smallest absolute Gasteiger partial charge is 0.321 e. The van der Waals surface area contributed by atoms with Crippen molar-refractivity contribution in [2.75, 3.05) is 18.4 Å². The van der Waals surface area contributed by atoms with E-state index in [4.69, 9.17) is 0 Å². The molecule has 0 spiro atoms. The van der Waals surface area contributed by atoms with E-state index in [0.717, 1.165) is 18.4 Å². The molecule has 1 saturated heterocycles. The molecule has 3 rings (SSSR count). The van der Waals surface area contributed by atoms with Gasteiger partial charge in [0.1, 0.15) is 12.7 Å². The summed E-state index contributed by atoms with van der Waals surface area (Å²) in [6.45, 7) is 4.68. The van der Waals surface area contributed by atoms with Crippen LogP contribution in [0.1, 0.15) is 30.0 Å². The Hall–Kier alpha value is -2.97. The number of likely N-dealkylation sites (tertiary alicyclic amines) is 1. The predicted octanol–water partition coefficient (Wildman–Crippen LogP) is 2.67. The molecule has 2 heterocycles. The lowest BCUT2D eigenvalue weighted by Crippen LogP contribution is -2.43. The monoisotopic (exact) mass is 344 g/mol. The maximum atomic E-state index is 12.6. The van der Waals surface area contributed by atoms with Gasteiger partial charge >= 0.3 is 6.03 Å². The predicted molar refractivity (Wildman–Crippen MR) is 91.5 cm³/mol. The summed E-state index contributed by atoms with van der Waals surface area (Å²) in [5.74, 6) is 0. The highest BCUT2D eigenvalue weighted by Gasteiger charge is 2.26. The lowest BCUT2D eigenvalue weighted by atomic mass is 10.1. The number of aryl methyl sites for hydroxylation is 2. The molecule has 1 aromatic heterocycles. The molecule has 1 atom stereocenters. The van der Waals surface area contributed by atoms with E-state index in [2.05, 4.69) is 15.4 Å². The number of rotatable bonds is 3. The quantitative estimate of drug-likeness (QED) is 0.680. The first-order valence-corrected chi connectivity index (χ1v) is 8.11. The minimum absolute atomic E-state index is 0.0000335. The van der Waals surface area contributed by atoms with Gasteiger partial charge in [0.15, 0.2) is 0 Å². The van der Waals surface area contributed by atoms with Crippen molar-refractivity contribution in [2.24, 2.45) is 0 Å². The number of nitro groups is 1. The van der Waals surface area contributed by atoms with Crippen molar-refractivity contribution >= 4 is 17.4 Å². The Morgan fingerprint density at radius 1 is 1.36 bits per heavy atom. The first-order chi connectivity index (χ1) is 12.0. The van der Waals surface area contributed by atoms with E-state index in [9.17, 15) is 14.9 Å². The highest BCUT2D eigenvalue weighted by Crippen LogP contribution is 2.27. The number of piperidine rings is 1. The van der Waals surface area contributed by atoms with Crippen molar-refractivity contribution in [1.82, 2.24) is 19.7 Å². The Morgan fingerprint density at radius 3 is 2.84 bits per heavy atom. The van der Waals surface area contributed by atoms with Gasteiger partial charge < -0.3 is 10.2 Å². The van der Waals surface area contributed by atoms with Crippen LogP contribution in [-0.2, 0) is 0 Å². The van der Waals surface area contributed by atoms with Gasteiger partial charge in [0.25, 0.3) is 5.69 Å². The Balaban J connectivity index is 1.74. The van der Waals surface area contributed by atoms with Crippen LogP contribution >= 0.6 is 0 Å². The molecule has 1 unspecified atom stereocenters. The van der Waals surface area contributed by atoms with Gasteiger partial charge in [-0.25, -0.2) is 14.5 Å². The Kier molecular flexibility index (Phi) is 4.64. The third kappa shape index (κ3) is 3.59. The third-order valence-corrected chi connectivity index (χ3v) is 4.48. The van der Waals surface area contributed by atoms with E-state index < -0.39 is 4.92 Å². The molecule has 132 valence electrons. The van der Waals surface area contributed by atoms with Gasteiger partial charge in [-0.2, -0.15) is 5.10 Å². The van der Waals surface area contributed by atoms with Crippen LogP contribution in [0.15, 0.2) is 24.8 Å². The van der Waals surface area contributed by atoms with Gasteiger partial charge in [-0.3, -0.25) is 10.1 Å². The van der Waals surface area contributed by atoms with E-state index in [-0.39, 0.29) is 17.8 Å². The second-order valence-electron chi connectivity index (χ2n) is 6.26. The molecule has 25 heavy (non-hydrogen) atoms. The normalized spacial score (nSPS) is 17.4. The first kappa shape index (κ1) is 16.9. The maximum absolute atomic E-state index is 12.6. The summed E-state index contributed by atoms with van der Waals surface area (Å²) in [6, 6.07) is 2.96. The second kappa shape index (κ2) is 6.88. The molecule has 1 aromatic carbocycles. The fourth-order valence-corrected chi connectivity index (χ4v) is 3.13. The van der Waals surface area contributed by atoms with Gasteiger partial charge in [-0.05, 0) is 38.3 Å². The highest BCUT2D eigenvalue weighted by atomic mass is 16.6. The largest absolute Gasteiger partial charge is 0.322 e. The van der Waals surface area contributed by atoms with E-state index in [1.165, 1.54) is 12.4 Å². The first-order valence-electron chi connectivity index (χ1n) is 8.11. The van der Waals surface area contributed by atoms with Crippen LogP contribution in [0.2, 0.25) is 0 Å². The highest BCUT2D eigenvalue weighted by molar-refractivity contribution is 5.90. The standard InChI is InChI=1S/C16H20N6O3/c1-11-6-12(2)15(22(24)25)7-14(11)19-16(23)20-5-3-4-13(8-20)21-10-17-9-18-21/h6-7,9-10,13H,3-5,8H2,1-2H3,(H,19,23). The van der Waals surface area contributed by atoms with Gasteiger partial charge in [0.2, 0.25) is 0 Å². The molecule has 9 heteroatoms. The summed E-state index contributed by atoms with van der Waals surface area (Å²) in [4.78, 5) is 28.9. The number of nitrogens with zero attached hydrogens (tertiary/aromatic N) is 5. The van der Waals surface area contributed by atoms with E-state index >= 15 is 0 Å². The topological polar surface area (TPSA) is 106 Å². The molecule has 1 aliphatic rings. The van der Waals surface area contributed by atoms with Crippen LogP contribution in [0.5, 0.6) is 0 Å². The number of nitro benzene ring substituents is 1. The van der Waals surface area contributed by atoms with Gasteiger partial charge in [0.05, 0.1) is 16.7 Å². The summed E-state index contributed by atoms with van der Waals surface area (Å²) in [5.41, 5.74) is 1.83. The molecule has 1 N–H and O–H groups in total. The molecule has 2 aromatic rings. The maximum Gasteiger partial charge on any atom is 0.321 e. The molecule has 2 amide bonds. The summed E-state index contributed by atoms with van der Waals surface area (Å²) >= 11 is 0. The van der Waals surface area contributed by atoms with Crippen LogP contribution < -0.4 is 5.32 Å². The van der Waals surface area contributed by atoms with Crippen molar-refractivity contribution in [3.8, 4) is 0 Å². The zero-order valence-electron chi connectivity index (χ0n) is 14.2. The summed E-state index contributed by atoms with van der Waals surface area (Å²) in [6.07, 6.45) is 4.93. The number of carbonyl (C=O) groups excluding carboxylic acids is 1. The average Bonchev–Trinajstić information content (AvgIpc) is 3.11. The van der Waals surface area contributed by atoms with Crippen molar-refractivity contribution in [3.05, 3.63) is 46.0 Å². The van der Waals surface area contributed by atoms with Crippen LogP contribution in [-0.4, -0.2) is 43.7 Å². The van der Waals surface area contributed by atoms with E-state index in [1.807, 2.05) is 6.92 Å². The average molecular weight is 344 g/mol. The second-order valence-corrected chi connectivity index (χ2v) is 6.26. The SMILES string of the molecule is Cc1cc(C)c([N+](=O)[O-])cc1NC(=O)N1CCCC(n2cncn2)C1. The van der Waals surface area contributed by atoms with Crippen LogP contribution in [0, 0.1) is 24.0 Å². The number of hydrogen-bond donors (Lipinski definition) is 1. The van der Waals surface area contributed by atoms with Crippen molar-refractivity contribution in [2.45, 2.75) is 32.7 Å². The van der Waals surface area contributed by atoms with Crippen molar-refractivity contribution < 1.29 is 9.72 Å². The number of amides is 2. The zero-order valence-corrected chi connectivity index (χ0v) is 14.2. The molecule has 0 saturated carbocycles. The summed E-state index contributed by atoms with van der Waals surface area (Å²) in [5, 5.41) is 18.1. The van der Waals surface area contributed by atoms with Crippen molar-refractivity contribution in [1.29, 1.82) is 0 Å². The number of aromatic nitrogens is 3. The van der Waals surface area contributed by atoms with Gasteiger partial charge in [-0.15, -0.1) is 0 Å². The number of nitrogens with one attached hydrogen (secondary N) is 1. The Labute approximate surface area is 144 Å². The number of anilines is 1. The number of carbonyl (C=O) groups is 1. The van der Waals surface area contributed by atoms with Crippen LogP contribution in [0.3, 0.4) is 0 Å². The number of hydrogen-bond acceptors (Lipinski definition) is 5. The molecule has 0 bridgehead atoms. The number of urea groups is 1. The molecular weight excluding hydrogens is 324 g/mol. The molecule has 1 fully saturated rings. The molecule has 0 aliphatic carbocycles. The summed E-state index contributed by atoms with van der Waals surface area (Å²) < 4.78 is 1.77. The Bertz CT molecular complexity index is 789. The fourth-order valence-electron chi connectivity index (χ4n) is 3.13. The number of benzene rings is 1. The third-order valence-electron chi connectivity index (χ3n) is 4.48. The van der Waals surface area contributed by atoms with Gasteiger partial charge in [-0.1, -0.05) is 0 Å². The lowest BCUT2D eigenvalue weighted by molar-refractivity contribution is -0.385. The van der Waals surface area contributed by atoms with E-state index in [0.29, 0.717) is 24.3 Å². The fraction of sp³-hybridized carbons (Fsp3) is 0.438. The molecule has 1 aliphatic heterocycles. The zero-order chi connectivity index (χ0) is 18.0.